The first-order valence-electron chi connectivity index (χ1n) is 5.79. The predicted molar refractivity (Wildman–Crippen MR) is 63.2 cm³/mol. The molecule has 4 nitrogen and oxygen atoms in total. The first-order chi connectivity index (χ1) is 7.77. The van der Waals surface area contributed by atoms with Gasteiger partial charge < -0.3 is 10.0 Å². The Kier molecular flexibility index (Phi) is 3.93. The third-order valence-electron chi connectivity index (χ3n) is 3.01. The third kappa shape index (κ3) is 2.81. The van der Waals surface area contributed by atoms with Crippen LogP contribution in [-0.2, 0) is 6.54 Å². The van der Waals surface area contributed by atoms with Crippen LogP contribution in [0, 0.1) is 0 Å². The number of nitrogens with zero attached hydrogens (tertiary/aromatic N) is 2. The van der Waals surface area contributed by atoms with Crippen molar-refractivity contribution in [2.24, 2.45) is 0 Å². The number of likely N-dealkylation sites (tertiary alicyclic amines) is 1. The number of hydrogen-bond donors (Lipinski definition) is 2. The average molecular weight is 220 g/mol. The summed E-state index contributed by atoms with van der Waals surface area (Å²) < 4.78 is 0. The fourth-order valence-corrected chi connectivity index (χ4v) is 2.18. The third-order valence-corrected chi connectivity index (χ3v) is 3.01. The van der Waals surface area contributed by atoms with Crippen LogP contribution in [0.5, 0.6) is 0 Å². The van der Waals surface area contributed by atoms with E-state index in [1.54, 1.807) is 6.20 Å². The lowest BCUT2D eigenvalue weighted by atomic mass is 9.82. The Hall–Kier alpha value is -0.905. The quantitative estimate of drug-likeness (QED) is 0.689. The number of pyridine rings is 1. The molecule has 0 aliphatic carbocycles. The topological polar surface area (TPSA) is 56.6 Å². The van der Waals surface area contributed by atoms with Gasteiger partial charge in [-0.05, 0) is 37.6 Å². The van der Waals surface area contributed by atoms with E-state index < -0.39 is 7.12 Å². The zero-order valence-electron chi connectivity index (χ0n) is 9.34. The summed E-state index contributed by atoms with van der Waals surface area (Å²) >= 11 is 0. The van der Waals surface area contributed by atoms with Gasteiger partial charge in [0.1, 0.15) is 0 Å². The van der Waals surface area contributed by atoms with Crippen LogP contribution in [0.15, 0.2) is 18.3 Å². The first kappa shape index (κ1) is 11.6. The van der Waals surface area contributed by atoms with Crippen molar-refractivity contribution in [2.75, 3.05) is 13.1 Å². The van der Waals surface area contributed by atoms with Gasteiger partial charge in [-0.2, -0.15) is 0 Å². The molecule has 0 atom stereocenters. The molecule has 5 heteroatoms. The van der Waals surface area contributed by atoms with Crippen molar-refractivity contribution in [3.8, 4) is 0 Å². The van der Waals surface area contributed by atoms with Gasteiger partial charge in [-0.15, -0.1) is 0 Å². The van der Waals surface area contributed by atoms with Crippen molar-refractivity contribution < 1.29 is 10.0 Å². The minimum Gasteiger partial charge on any atom is -0.422 e. The molecule has 0 radical (unpaired) electrons. The normalized spacial score (nSPS) is 17.4. The number of piperidine rings is 1. The summed E-state index contributed by atoms with van der Waals surface area (Å²) in [6.07, 6.45) is 5.36. The molecule has 0 spiro atoms. The highest BCUT2D eigenvalue weighted by molar-refractivity contribution is 6.58. The Bertz CT molecular complexity index is 341. The van der Waals surface area contributed by atoms with Gasteiger partial charge >= 0.3 is 7.12 Å². The molecule has 0 amide bonds. The Morgan fingerprint density at radius 3 is 2.69 bits per heavy atom. The van der Waals surface area contributed by atoms with Crippen molar-refractivity contribution in [1.29, 1.82) is 0 Å². The zero-order chi connectivity index (χ0) is 11.4. The Labute approximate surface area is 96.1 Å². The summed E-state index contributed by atoms with van der Waals surface area (Å²) in [6, 6.07) is 3.75. The Balaban J connectivity index is 2.07. The largest absolute Gasteiger partial charge is 0.508 e. The van der Waals surface area contributed by atoms with Gasteiger partial charge in [-0.1, -0.05) is 12.5 Å². The Morgan fingerprint density at radius 1 is 1.25 bits per heavy atom. The number of rotatable bonds is 3. The van der Waals surface area contributed by atoms with Gasteiger partial charge in [0, 0.05) is 12.7 Å². The van der Waals surface area contributed by atoms with Gasteiger partial charge in [0.25, 0.3) is 0 Å². The molecule has 0 saturated carbocycles. The van der Waals surface area contributed by atoms with Crippen molar-refractivity contribution in [2.45, 2.75) is 25.8 Å². The van der Waals surface area contributed by atoms with Crippen molar-refractivity contribution in [3.05, 3.63) is 23.9 Å². The summed E-state index contributed by atoms with van der Waals surface area (Å²) in [5.74, 6) is 0. The Morgan fingerprint density at radius 2 is 2.00 bits per heavy atom. The highest BCUT2D eigenvalue weighted by Gasteiger charge is 2.19. The number of hydrogen-bond acceptors (Lipinski definition) is 4. The van der Waals surface area contributed by atoms with Crippen molar-refractivity contribution in [3.63, 3.8) is 0 Å². The lowest BCUT2D eigenvalue weighted by molar-refractivity contribution is 0.221. The minimum atomic E-state index is -1.47. The van der Waals surface area contributed by atoms with Gasteiger partial charge in [0.15, 0.2) is 0 Å². The summed E-state index contributed by atoms with van der Waals surface area (Å²) in [6.45, 7) is 2.95. The molecular formula is C11H17BN2O2. The van der Waals surface area contributed by atoms with E-state index in [0.717, 1.165) is 25.2 Å². The molecule has 1 aromatic rings. The molecule has 0 bridgehead atoms. The van der Waals surface area contributed by atoms with E-state index in [-0.39, 0.29) is 0 Å². The molecule has 2 rings (SSSR count). The molecule has 86 valence electrons. The molecule has 0 unspecified atom stereocenters. The van der Waals surface area contributed by atoms with Crippen LogP contribution in [0.1, 0.15) is 24.8 Å². The van der Waals surface area contributed by atoms with E-state index in [1.165, 1.54) is 19.3 Å². The minimum absolute atomic E-state index is 0.382. The lowest BCUT2D eigenvalue weighted by Gasteiger charge is -2.27. The molecule has 1 saturated heterocycles. The maximum Gasteiger partial charge on any atom is 0.508 e. The van der Waals surface area contributed by atoms with Crippen molar-refractivity contribution >= 4 is 12.7 Å². The molecule has 1 aliphatic rings. The fourth-order valence-electron chi connectivity index (χ4n) is 2.18. The van der Waals surface area contributed by atoms with Crippen LogP contribution in [0.2, 0.25) is 0 Å². The van der Waals surface area contributed by atoms with Crippen LogP contribution < -0.4 is 5.59 Å². The molecule has 16 heavy (non-hydrogen) atoms. The second-order valence-corrected chi connectivity index (χ2v) is 4.26. The van der Waals surface area contributed by atoms with E-state index >= 15 is 0 Å². The van der Waals surface area contributed by atoms with Gasteiger partial charge in [-0.25, -0.2) is 0 Å². The van der Waals surface area contributed by atoms with Crippen LogP contribution in [0.25, 0.3) is 0 Å². The maximum absolute atomic E-state index is 9.21. The molecule has 2 N–H and O–H groups in total. The highest BCUT2D eigenvalue weighted by atomic mass is 16.4. The molecular weight excluding hydrogens is 203 g/mol. The van der Waals surface area contributed by atoms with E-state index in [4.69, 9.17) is 0 Å². The monoisotopic (exact) mass is 220 g/mol. The molecule has 0 aromatic carbocycles. The van der Waals surface area contributed by atoms with Gasteiger partial charge in [-0.3, -0.25) is 9.88 Å². The highest BCUT2D eigenvalue weighted by Crippen LogP contribution is 2.11. The van der Waals surface area contributed by atoms with Crippen LogP contribution in [-0.4, -0.2) is 40.1 Å². The second kappa shape index (κ2) is 5.43. The van der Waals surface area contributed by atoms with Crippen LogP contribution in [0.4, 0.5) is 0 Å². The standard InChI is InChI=1S/C11H17BN2O2/c15-12(16)11-10(5-4-6-13-11)9-14-7-2-1-3-8-14/h4-6,15-16H,1-3,7-9H2. The van der Waals surface area contributed by atoms with Crippen LogP contribution >= 0.6 is 0 Å². The summed E-state index contributed by atoms with van der Waals surface area (Å²) in [5.41, 5.74) is 1.30. The zero-order valence-corrected chi connectivity index (χ0v) is 9.34. The maximum atomic E-state index is 9.21. The van der Waals surface area contributed by atoms with Gasteiger partial charge in [0.05, 0.1) is 5.59 Å². The lowest BCUT2D eigenvalue weighted by Crippen LogP contribution is -2.39. The molecule has 1 aromatic heterocycles. The second-order valence-electron chi connectivity index (χ2n) is 4.26. The van der Waals surface area contributed by atoms with Crippen LogP contribution in [0.3, 0.4) is 0 Å². The van der Waals surface area contributed by atoms with E-state index in [1.807, 2.05) is 12.1 Å². The molecule has 2 heterocycles. The SMILES string of the molecule is OB(O)c1ncccc1CN1CCCCC1. The molecule has 1 aliphatic heterocycles. The number of aromatic nitrogens is 1. The van der Waals surface area contributed by atoms with Gasteiger partial charge in [0.2, 0.25) is 0 Å². The van der Waals surface area contributed by atoms with E-state index in [0.29, 0.717) is 5.59 Å². The molecule has 1 fully saturated rings. The smallest absolute Gasteiger partial charge is 0.422 e. The fraction of sp³-hybridized carbons (Fsp3) is 0.545. The first-order valence-corrected chi connectivity index (χ1v) is 5.79. The van der Waals surface area contributed by atoms with E-state index in [9.17, 15) is 10.0 Å². The predicted octanol–water partition coefficient (Wildman–Crippen LogP) is -0.253. The average Bonchev–Trinajstić information content (AvgIpc) is 2.31. The summed E-state index contributed by atoms with van der Waals surface area (Å²) in [5, 5.41) is 18.4. The summed E-state index contributed by atoms with van der Waals surface area (Å²) in [7, 11) is -1.47. The summed E-state index contributed by atoms with van der Waals surface area (Å²) in [4.78, 5) is 6.36. The van der Waals surface area contributed by atoms with E-state index in [2.05, 4.69) is 9.88 Å². The van der Waals surface area contributed by atoms with Crippen molar-refractivity contribution in [1.82, 2.24) is 9.88 Å².